The van der Waals surface area contributed by atoms with Gasteiger partial charge in [-0.3, -0.25) is 9.89 Å². The number of carbonyl (C=O) groups excluding carboxylic acids is 1. The Morgan fingerprint density at radius 1 is 1.21 bits per heavy atom. The number of H-pyrrole nitrogens is 1. The van der Waals surface area contributed by atoms with E-state index in [9.17, 15) is 14.4 Å². The van der Waals surface area contributed by atoms with Crippen LogP contribution in [0.15, 0.2) is 54.7 Å². The number of anilines is 3. The van der Waals surface area contributed by atoms with Gasteiger partial charge in [0, 0.05) is 24.0 Å². The Kier molecular flexibility index (Phi) is 5.93. The van der Waals surface area contributed by atoms with E-state index in [2.05, 4.69) is 56.1 Å². The molecular formula is C26H27FN6O. The molecule has 0 radical (unpaired) electrons. The Balaban J connectivity index is 1.27. The van der Waals surface area contributed by atoms with E-state index in [4.69, 9.17) is 0 Å². The highest BCUT2D eigenvalue weighted by atomic mass is 19.1. The van der Waals surface area contributed by atoms with Crippen molar-refractivity contribution in [3.8, 4) is 6.07 Å². The molecule has 3 N–H and O–H groups in total. The molecule has 1 fully saturated rings. The number of nitriles is 1. The van der Waals surface area contributed by atoms with Crippen LogP contribution in [0.25, 0.3) is 0 Å². The van der Waals surface area contributed by atoms with E-state index in [-0.39, 0.29) is 18.1 Å². The number of nitrogens with zero attached hydrogens (tertiary/aromatic N) is 3. The average Bonchev–Trinajstić information content (AvgIpc) is 3.49. The number of halogens is 1. The van der Waals surface area contributed by atoms with Crippen LogP contribution in [0.3, 0.4) is 0 Å². The summed E-state index contributed by atoms with van der Waals surface area (Å²) < 4.78 is 13.2. The van der Waals surface area contributed by atoms with Gasteiger partial charge < -0.3 is 15.5 Å². The second-order valence-electron chi connectivity index (χ2n) is 9.16. The Labute approximate surface area is 198 Å². The van der Waals surface area contributed by atoms with Crippen molar-refractivity contribution in [2.24, 2.45) is 0 Å². The molecule has 34 heavy (non-hydrogen) atoms. The Hall–Kier alpha value is -3.86. The molecule has 174 valence electrons. The quantitative estimate of drug-likeness (QED) is 0.498. The van der Waals surface area contributed by atoms with Gasteiger partial charge in [0.1, 0.15) is 17.2 Å². The normalized spacial score (nSPS) is 21.5. The highest BCUT2D eigenvalue weighted by molar-refractivity contribution is 5.99. The molecule has 1 amide bonds. The maximum Gasteiger partial charge on any atom is 0.257 e. The third-order valence-corrected chi connectivity index (χ3v) is 7.07. The predicted octanol–water partition coefficient (Wildman–Crippen LogP) is 4.68. The van der Waals surface area contributed by atoms with Crippen molar-refractivity contribution >= 4 is 23.1 Å². The van der Waals surface area contributed by atoms with Crippen molar-refractivity contribution in [2.45, 2.75) is 50.1 Å². The number of aromatic nitrogens is 2. The van der Waals surface area contributed by atoms with E-state index in [0.29, 0.717) is 23.1 Å². The van der Waals surface area contributed by atoms with Gasteiger partial charge in [-0.2, -0.15) is 10.4 Å². The van der Waals surface area contributed by atoms with E-state index in [1.807, 2.05) is 0 Å². The summed E-state index contributed by atoms with van der Waals surface area (Å²) in [6.07, 6.45) is 6.12. The van der Waals surface area contributed by atoms with Crippen LogP contribution in [-0.2, 0) is 6.42 Å². The summed E-state index contributed by atoms with van der Waals surface area (Å²) in [6.45, 7) is 1.02. The summed E-state index contributed by atoms with van der Waals surface area (Å²) in [5, 5.41) is 22.6. The van der Waals surface area contributed by atoms with E-state index in [1.54, 1.807) is 12.1 Å². The zero-order chi connectivity index (χ0) is 23.5. The zero-order valence-corrected chi connectivity index (χ0v) is 18.9. The molecule has 5 rings (SSSR count). The van der Waals surface area contributed by atoms with E-state index < -0.39 is 5.54 Å². The summed E-state index contributed by atoms with van der Waals surface area (Å²) in [6, 6.07) is 17.1. The standard InChI is InChI=1S/C26H27FN6O/c27-19-5-7-20(8-6-19)30-24-22(17-29-32-24)25(34)31-26(14-15-28)12-9-21(10-13-26)33-16-11-18-3-1-2-4-23(18)33/h1-8,17,21H,9-14,16H2,(H,31,34)(H2,29,30,32). The average molecular weight is 459 g/mol. The molecule has 1 aromatic heterocycles. The van der Waals surface area contributed by atoms with Crippen LogP contribution in [-0.4, -0.2) is 34.2 Å². The Bertz CT molecular complexity index is 1210. The van der Waals surface area contributed by atoms with E-state index >= 15 is 0 Å². The fraction of sp³-hybridized carbons (Fsp3) is 0.346. The molecule has 0 bridgehead atoms. The minimum atomic E-state index is -0.564. The minimum Gasteiger partial charge on any atom is -0.368 e. The van der Waals surface area contributed by atoms with Crippen molar-refractivity contribution in [2.75, 3.05) is 16.8 Å². The molecular weight excluding hydrogens is 431 g/mol. The number of amides is 1. The van der Waals surface area contributed by atoms with Crippen LogP contribution in [0.4, 0.5) is 21.6 Å². The summed E-state index contributed by atoms with van der Waals surface area (Å²) in [5.41, 5.74) is 3.14. The maximum absolute atomic E-state index is 13.2. The lowest BCUT2D eigenvalue weighted by atomic mass is 9.77. The summed E-state index contributed by atoms with van der Waals surface area (Å²) in [7, 11) is 0. The molecule has 0 atom stereocenters. The lowest BCUT2D eigenvalue weighted by Gasteiger charge is -2.43. The molecule has 0 saturated heterocycles. The molecule has 1 saturated carbocycles. The van der Waals surface area contributed by atoms with E-state index in [0.717, 1.165) is 38.6 Å². The summed E-state index contributed by atoms with van der Waals surface area (Å²) in [5.74, 6) is -0.184. The van der Waals surface area contributed by atoms with Crippen molar-refractivity contribution in [1.29, 1.82) is 5.26 Å². The molecule has 8 heteroatoms. The molecule has 7 nitrogen and oxygen atoms in total. The number of rotatable bonds is 6. The summed E-state index contributed by atoms with van der Waals surface area (Å²) >= 11 is 0. The van der Waals surface area contributed by atoms with Gasteiger partial charge in [-0.1, -0.05) is 18.2 Å². The first-order valence-corrected chi connectivity index (χ1v) is 11.7. The first-order chi connectivity index (χ1) is 16.6. The number of carbonyl (C=O) groups is 1. The predicted molar refractivity (Wildman–Crippen MR) is 128 cm³/mol. The molecule has 2 aromatic carbocycles. The van der Waals surface area contributed by atoms with Gasteiger partial charge in [0.15, 0.2) is 0 Å². The van der Waals surface area contributed by atoms with Gasteiger partial charge in [0.25, 0.3) is 5.91 Å². The van der Waals surface area contributed by atoms with Crippen LogP contribution in [0.1, 0.15) is 48.0 Å². The fourth-order valence-electron chi connectivity index (χ4n) is 5.25. The minimum absolute atomic E-state index is 0.265. The number of aromatic amines is 1. The number of para-hydroxylation sites is 1. The SMILES string of the molecule is N#CCC1(NC(=O)c2cn[nH]c2Nc2ccc(F)cc2)CCC(N2CCc3ccccc32)CC1. The first-order valence-electron chi connectivity index (χ1n) is 11.7. The highest BCUT2D eigenvalue weighted by Crippen LogP contribution is 2.38. The zero-order valence-electron chi connectivity index (χ0n) is 18.9. The van der Waals surface area contributed by atoms with Crippen molar-refractivity contribution in [3.63, 3.8) is 0 Å². The van der Waals surface area contributed by atoms with Gasteiger partial charge in [0.05, 0.1) is 24.2 Å². The third kappa shape index (κ3) is 4.34. The largest absolute Gasteiger partial charge is 0.368 e. The molecule has 1 aliphatic carbocycles. The van der Waals surface area contributed by atoms with Crippen LogP contribution < -0.4 is 15.5 Å². The Morgan fingerprint density at radius 2 is 1.97 bits per heavy atom. The fourth-order valence-corrected chi connectivity index (χ4v) is 5.25. The second kappa shape index (κ2) is 9.18. The maximum atomic E-state index is 13.2. The van der Waals surface area contributed by atoms with Gasteiger partial charge in [-0.25, -0.2) is 4.39 Å². The van der Waals surface area contributed by atoms with Gasteiger partial charge in [-0.05, 0) is 68.0 Å². The van der Waals surface area contributed by atoms with Crippen LogP contribution in [0.5, 0.6) is 0 Å². The lowest BCUT2D eigenvalue weighted by molar-refractivity contribution is 0.0866. The van der Waals surface area contributed by atoms with Crippen LogP contribution in [0.2, 0.25) is 0 Å². The smallest absolute Gasteiger partial charge is 0.257 e. The van der Waals surface area contributed by atoms with Gasteiger partial charge >= 0.3 is 0 Å². The lowest BCUT2D eigenvalue weighted by Crippen LogP contribution is -2.53. The van der Waals surface area contributed by atoms with Crippen LogP contribution in [0, 0.1) is 17.1 Å². The van der Waals surface area contributed by atoms with Crippen molar-refractivity contribution in [3.05, 3.63) is 71.7 Å². The molecule has 2 heterocycles. The number of nitrogens with one attached hydrogen (secondary N) is 3. The number of hydrogen-bond donors (Lipinski definition) is 3. The molecule has 3 aromatic rings. The monoisotopic (exact) mass is 458 g/mol. The second-order valence-corrected chi connectivity index (χ2v) is 9.16. The number of hydrogen-bond acceptors (Lipinski definition) is 5. The summed E-state index contributed by atoms with van der Waals surface area (Å²) in [4.78, 5) is 15.7. The van der Waals surface area contributed by atoms with E-state index in [1.165, 1.54) is 29.6 Å². The van der Waals surface area contributed by atoms with Gasteiger partial charge in [-0.15, -0.1) is 0 Å². The van der Waals surface area contributed by atoms with Crippen molar-refractivity contribution < 1.29 is 9.18 Å². The number of fused-ring (bicyclic) bond motifs is 1. The molecule has 2 aliphatic rings. The first kappa shape index (κ1) is 22.0. The molecule has 0 unspecified atom stereocenters. The molecule has 0 spiro atoms. The third-order valence-electron chi connectivity index (χ3n) is 7.07. The topological polar surface area (TPSA) is 96.8 Å². The molecule has 1 aliphatic heterocycles. The Morgan fingerprint density at radius 3 is 2.74 bits per heavy atom. The van der Waals surface area contributed by atoms with Crippen molar-refractivity contribution in [1.82, 2.24) is 15.5 Å². The number of benzene rings is 2. The van der Waals surface area contributed by atoms with Crippen LogP contribution >= 0.6 is 0 Å². The highest BCUT2D eigenvalue weighted by Gasteiger charge is 2.40. The van der Waals surface area contributed by atoms with Gasteiger partial charge in [0.2, 0.25) is 0 Å².